The molecule has 1 rings (SSSR count). The summed E-state index contributed by atoms with van der Waals surface area (Å²) in [6, 6.07) is 0. The summed E-state index contributed by atoms with van der Waals surface area (Å²) in [4.78, 5) is 23.5. The second-order valence-corrected chi connectivity index (χ2v) is 4.19. The number of unbranched alkanes of at least 4 members (excludes halogenated alkanes) is 1. The van der Waals surface area contributed by atoms with Gasteiger partial charge in [-0.3, -0.25) is 9.59 Å². The molecular weight excluding hydrogens is 204 g/mol. The van der Waals surface area contributed by atoms with E-state index in [2.05, 4.69) is 24.1 Å². The molecule has 2 amide bonds. The van der Waals surface area contributed by atoms with Crippen LogP contribution in [0.4, 0.5) is 0 Å². The minimum atomic E-state index is -0.781. The first kappa shape index (κ1) is 12.7. The van der Waals surface area contributed by atoms with Crippen molar-refractivity contribution >= 4 is 11.8 Å². The largest absolute Gasteiger partial charge is 0.355 e. The summed E-state index contributed by atoms with van der Waals surface area (Å²) in [6.07, 6.45) is 4.93. The molecule has 0 saturated heterocycles. The predicted molar refractivity (Wildman–Crippen MR) is 62.8 cm³/mol. The van der Waals surface area contributed by atoms with Gasteiger partial charge in [0.2, 0.25) is 11.8 Å². The molecule has 2 N–H and O–H groups in total. The molecule has 0 aliphatic heterocycles. The molecule has 4 heteroatoms. The smallest absolute Gasteiger partial charge is 0.235 e. The van der Waals surface area contributed by atoms with Crippen molar-refractivity contribution in [3.63, 3.8) is 0 Å². The lowest BCUT2D eigenvalue weighted by molar-refractivity contribution is -0.137. The quantitative estimate of drug-likeness (QED) is 0.385. The molecule has 16 heavy (non-hydrogen) atoms. The van der Waals surface area contributed by atoms with E-state index in [0.29, 0.717) is 25.9 Å². The van der Waals surface area contributed by atoms with E-state index in [4.69, 9.17) is 0 Å². The number of hydrogen-bond donors (Lipinski definition) is 2. The van der Waals surface area contributed by atoms with Gasteiger partial charge in [0.05, 0.1) is 0 Å². The Bertz CT molecular complexity index is 283. The fourth-order valence-corrected chi connectivity index (χ4v) is 1.56. The van der Waals surface area contributed by atoms with Gasteiger partial charge in [-0.05, 0) is 19.3 Å². The van der Waals surface area contributed by atoms with E-state index in [-0.39, 0.29) is 11.8 Å². The molecule has 0 unspecified atom stereocenters. The summed E-state index contributed by atoms with van der Waals surface area (Å²) in [5.74, 6) is -0.288. The highest BCUT2D eigenvalue weighted by atomic mass is 16.2. The molecule has 0 atom stereocenters. The molecule has 0 aromatic heterocycles. The Hall–Kier alpha value is -1.32. The van der Waals surface area contributed by atoms with Crippen molar-refractivity contribution in [3.05, 3.63) is 12.7 Å². The summed E-state index contributed by atoms with van der Waals surface area (Å²) >= 11 is 0. The van der Waals surface area contributed by atoms with Crippen LogP contribution in [0.25, 0.3) is 0 Å². The van der Waals surface area contributed by atoms with Gasteiger partial charge in [-0.1, -0.05) is 19.4 Å². The second-order valence-electron chi connectivity index (χ2n) is 4.19. The third kappa shape index (κ3) is 2.84. The van der Waals surface area contributed by atoms with Crippen molar-refractivity contribution in [2.75, 3.05) is 13.1 Å². The van der Waals surface area contributed by atoms with Crippen LogP contribution in [0, 0.1) is 5.41 Å². The normalized spacial score (nSPS) is 16.3. The van der Waals surface area contributed by atoms with Gasteiger partial charge in [-0.2, -0.15) is 0 Å². The van der Waals surface area contributed by atoms with Crippen LogP contribution in [0.5, 0.6) is 0 Å². The van der Waals surface area contributed by atoms with Gasteiger partial charge in [0.25, 0.3) is 0 Å². The standard InChI is InChI=1S/C12H20N2O2/c1-3-5-9-14-11(16)12(6-7-12)10(15)13-8-4-2/h4H,2-3,5-9H2,1H3,(H,13,15)(H,14,16). The Morgan fingerprint density at radius 2 is 1.94 bits per heavy atom. The summed E-state index contributed by atoms with van der Waals surface area (Å²) in [5, 5.41) is 5.51. The second kappa shape index (κ2) is 5.68. The molecule has 0 radical (unpaired) electrons. The molecule has 90 valence electrons. The third-order valence-electron chi connectivity index (χ3n) is 2.84. The summed E-state index contributed by atoms with van der Waals surface area (Å²) < 4.78 is 0. The van der Waals surface area contributed by atoms with Crippen LogP contribution < -0.4 is 10.6 Å². The zero-order chi connectivity index (χ0) is 12.0. The highest BCUT2D eigenvalue weighted by molar-refractivity contribution is 6.07. The monoisotopic (exact) mass is 224 g/mol. The third-order valence-corrected chi connectivity index (χ3v) is 2.84. The van der Waals surface area contributed by atoms with E-state index in [1.165, 1.54) is 0 Å². The molecule has 0 spiro atoms. The van der Waals surface area contributed by atoms with Crippen LogP contribution in [-0.2, 0) is 9.59 Å². The van der Waals surface area contributed by atoms with Crippen LogP contribution in [0.2, 0.25) is 0 Å². The topological polar surface area (TPSA) is 58.2 Å². The molecule has 4 nitrogen and oxygen atoms in total. The highest BCUT2D eigenvalue weighted by Crippen LogP contribution is 2.46. The van der Waals surface area contributed by atoms with E-state index >= 15 is 0 Å². The summed E-state index contributed by atoms with van der Waals surface area (Å²) in [5.41, 5.74) is -0.781. The zero-order valence-electron chi connectivity index (χ0n) is 9.84. The first-order chi connectivity index (χ1) is 7.67. The molecule has 0 aromatic rings. The van der Waals surface area contributed by atoms with Gasteiger partial charge >= 0.3 is 0 Å². The van der Waals surface area contributed by atoms with Crippen molar-refractivity contribution in [2.24, 2.45) is 5.41 Å². The fraction of sp³-hybridized carbons (Fsp3) is 0.667. The predicted octanol–water partition coefficient (Wildman–Crippen LogP) is 0.985. The van der Waals surface area contributed by atoms with E-state index in [1.807, 2.05) is 0 Å². The van der Waals surface area contributed by atoms with Gasteiger partial charge in [-0.25, -0.2) is 0 Å². The number of rotatable bonds is 7. The fourth-order valence-electron chi connectivity index (χ4n) is 1.56. The summed E-state index contributed by atoms with van der Waals surface area (Å²) in [7, 11) is 0. The van der Waals surface area contributed by atoms with Crippen molar-refractivity contribution in [1.29, 1.82) is 0 Å². The molecule has 1 fully saturated rings. The molecule has 1 aliphatic carbocycles. The molecule has 1 saturated carbocycles. The Morgan fingerprint density at radius 1 is 1.31 bits per heavy atom. The Labute approximate surface area is 96.5 Å². The molecule has 1 aliphatic rings. The van der Waals surface area contributed by atoms with Gasteiger partial charge in [0, 0.05) is 13.1 Å². The maximum atomic E-state index is 11.8. The summed E-state index contributed by atoms with van der Waals surface area (Å²) in [6.45, 7) is 6.67. The molecule has 0 heterocycles. The Morgan fingerprint density at radius 3 is 2.44 bits per heavy atom. The van der Waals surface area contributed by atoms with E-state index < -0.39 is 5.41 Å². The van der Waals surface area contributed by atoms with Crippen LogP contribution in [0.1, 0.15) is 32.6 Å². The lowest BCUT2D eigenvalue weighted by atomic mass is 10.1. The van der Waals surface area contributed by atoms with Gasteiger partial charge in [0.1, 0.15) is 5.41 Å². The first-order valence-corrected chi connectivity index (χ1v) is 5.85. The van der Waals surface area contributed by atoms with Crippen molar-refractivity contribution in [3.8, 4) is 0 Å². The zero-order valence-corrected chi connectivity index (χ0v) is 9.84. The Kier molecular flexibility index (Phi) is 4.52. The van der Waals surface area contributed by atoms with Crippen LogP contribution in [0.3, 0.4) is 0 Å². The van der Waals surface area contributed by atoms with Crippen molar-refractivity contribution < 1.29 is 9.59 Å². The lowest BCUT2D eigenvalue weighted by Gasteiger charge is -2.14. The van der Waals surface area contributed by atoms with Crippen LogP contribution >= 0.6 is 0 Å². The number of amides is 2. The number of carbonyl (C=O) groups is 2. The molecular formula is C12H20N2O2. The minimum absolute atomic E-state index is 0.123. The molecule has 0 bridgehead atoms. The maximum absolute atomic E-state index is 11.8. The van der Waals surface area contributed by atoms with Gasteiger partial charge in [-0.15, -0.1) is 6.58 Å². The maximum Gasteiger partial charge on any atom is 0.235 e. The van der Waals surface area contributed by atoms with Gasteiger partial charge < -0.3 is 10.6 Å². The first-order valence-electron chi connectivity index (χ1n) is 5.85. The average molecular weight is 224 g/mol. The number of nitrogens with one attached hydrogen (secondary N) is 2. The lowest BCUT2D eigenvalue weighted by Crippen LogP contribution is -2.43. The minimum Gasteiger partial charge on any atom is -0.355 e. The SMILES string of the molecule is C=CCNC(=O)C1(C(=O)NCCCC)CC1. The van der Waals surface area contributed by atoms with Crippen LogP contribution in [-0.4, -0.2) is 24.9 Å². The highest BCUT2D eigenvalue weighted by Gasteiger charge is 2.56. The van der Waals surface area contributed by atoms with Crippen molar-refractivity contribution in [2.45, 2.75) is 32.6 Å². The van der Waals surface area contributed by atoms with Gasteiger partial charge in [0.15, 0.2) is 0 Å². The number of carbonyl (C=O) groups excluding carboxylic acids is 2. The van der Waals surface area contributed by atoms with Crippen LogP contribution in [0.15, 0.2) is 12.7 Å². The Balaban J connectivity index is 2.41. The van der Waals surface area contributed by atoms with Crippen molar-refractivity contribution in [1.82, 2.24) is 10.6 Å². The van der Waals surface area contributed by atoms with E-state index in [0.717, 1.165) is 12.8 Å². The molecule has 0 aromatic carbocycles. The number of hydrogen-bond acceptors (Lipinski definition) is 2. The average Bonchev–Trinajstić information content (AvgIpc) is 3.07. The van der Waals surface area contributed by atoms with E-state index in [9.17, 15) is 9.59 Å². The van der Waals surface area contributed by atoms with E-state index in [1.54, 1.807) is 6.08 Å².